The van der Waals surface area contributed by atoms with Crippen LogP contribution in [0.4, 0.5) is 5.69 Å². The van der Waals surface area contributed by atoms with Crippen molar-refractivity contribution in [3.8, 4) is 11.5 Å². The fourth-order valence-electron chi connectivity index (χ4n) is 2.11. The number of hydrogen-bond acceptors (Lipinski definition) is 4. The van der Waals surface area contributed by atoms with E-state index in [9.17, 15) is 5.11 Å². The third-order valence-corrected chi connectivity index (χ3v) is 4.09. The number of benzene rings is 2. The van der Waals surface area contributed by atoms with Gasteiger partial charge in [-0.25, -0.2) is 0 Å². The Morgan fingerprint density at radius 1 is 1.15 bits per heavy atom. The second-order valence-corrected chi connectivity index (χ2v) is 5.48. The Morgan fingerprint density at radius 3 is 2.90 bits per heavy atom. The number of nitrogens with one attached hydrogen (secondary N) is 1. The van der Waals surface area contributed by atoms with E-state index in [4.69, 9.17) is 4.74 Å². The molecule has 102 valence electrons. The Kier molecular flexibility index (Phi) is 3.48. The molecule has 0 aliphatic rings. The average Bonchev–Trinajstić information content (AvgIpc) is 2.94. The molecule has 0 aliphatic heterocycles. The number of hydrogen-bond donors (Lipinski definition) is 2. The zero-order valence-electron chi connectivity index (χ0n) is 11.1. The number of thiophene rings is 1. The minimum atomic E-state index is 0.163. The van der Waals surface area contributed by atoms with Crippen LogP contribution >= 0.6 is 11.3 Å². The number of fused-ring (bicyclic) bond motifs is 1. The molecule has 3 rings (SSSR count). The number of phenolic OH excluding ortho intramolecular Hbond substituents is 1. The van der Waals surface area contributed by atoms with Crippen LogP contribution in [0.1, 0.15) is 5.56 Å². The zero-order valence-corrected chi connectivity index (χ0v) is 11.9. The van der Waals surface area contributed by atoms with Gasteiger partial charge in [-0.1, -0.05) is 6.07 Å². The Labute approximate surface area is 121 Å². The van der Waals surface area contributed by atoms with Gasteiger partial charge in [-0.15, -0.1) is 11.3 Å². The lowest BCUT2D eigenvalue weighted by atomic mass is 10.2. The minimum absolute atomic E-state index is 0.163. The first kappa shape index (κ1) is 12.8. The SMILES string of the molecule is COc1cc(CNc2ccc3sccc3c2)ccc1O. The smallest absolute Gasteiger partial charge is 0.160 e. The molecule has 0 amide bonds. The van der Waals surface area contributed by atoms with Gasteiger partial charge < -0.3 is 15.2 Å². The molecule has 3 aromatic rings. The van der Waals surface area contributed by atoms with Crippen LogP contribution in [-0.4, -0.2) is 12.2 Å². The van der Waals surface area contributed by atoms with E-state index in [1.807, 2.05) is 12.1 Å². The molecule has 3 nitrogen and oxygen atoms in total. The van der Waals surface area contributed by atoms with Crippen molar-refractivity contribution in [1.29, 1.82) is 0 Å². The summed E-state index contributed by atoms with van der Waals surface area (Å²) in [4.78, 5) is 0. The molecule has 0 atom stereocenters. The molecule has 0 saturated carbocycles. The van der Waals surface area contributed by atoms with Crippen molar-refractivity contribution in [1.82, 2.24) is 0 Å². The molecule has 0 spiro atoms. The molecule has 20 heavy (non-hydrogen) atoms. The molecule has 0 fully saturated rings. The molecule has 0 radical (unpaired) electrons. The molecular formula is C16H15NO2S. The lowest BCUT2D eigenvalue weighted by molar-refractivity contribution is 0.373. The number of aromatic hydroxyl groups is 1. The molecular weight excluding hydrogens is 270 g/mol. The van der Waals surface area contributed by atoms with E-state index in [1.54, 1.807) is 24.5 Å². The summed E-state index contributed by atoms with van der Waals surface area (Å²) in [5.74, 6) is 0.661. The number of ether oxygens (including phenoxy) is 1. The lowest BCUT2D eigenvalue weighted by Crippen LogP contribution is -1.99. The molecule has 0 aliphatic carbocycles. The maximum absolute atomic E-state index is 9.57. The van der Waals surface area contributed by atoms with Crippen molar-refractivity contribution in [2.45, 2.75) is 6.54 Å². The fraction of sp³-hybridized carbons (Fsp3) is 0.125. The molecule has 1 heterocycles. The van der Waals surface area contributed by atoms with Crippen molar-refractivity contribution < 1.29 is 9.84 Å². The van der Waals surface area contributed by atoms with Crippen LogP contribution in [-0.2, 0) is 6.54 Å². The van der Waals surface area contributed by atoms with E-state index in [0.29, 0.717) is 12.3 Å². The Morgan fingerprint density at radius 2 is 2.05 bits per heavy atom. The molecule has 2 N–H and O–H groups in total. The van der Waals surface area contributed by atoms with Crippen LogP contribution in [0.15, 0.2) is 47.8 Å². The molecule has 0 bridgehead atoms. The van der Waals surface area contributed by atoms with Crippen molar-refractivity contribution >= 4 is 27.1 Å². The lowest BCUT2D eigenvalue weighted by Gasteiger charge is -2.09. The van der Waals surface area contributed by atoms with E-state index in [0.717, 1.165) is 11.3 Å². The summed E-state index contributed by atoms with van der Waals surface area (Å²) < 4.78 is 6.40. The fourth-order valence-corrected chi connectivity index (χ4v) is 2.88. The predicted molar refractivity (Wildman–Crippen MR) is 83.8 cm³/mol. The van der Waals surface area contributed by atoms with Crippen LogP contribution in [0.25, 0.3) is 10.1 Å². The van der Waals surface area contributed by atoms with Gasteiger partial charge in [0.2, 0.25) is 0 Å². The Balaban J connectivity index is 1.75. The first-order valence-corrected chi connectivity index (χ1v) is 7.21. The van der Waals surface area contributed by atoms with Gasteiger partial charge in [-0.05, 0) is 52.7 Å². The normalized spacial score (nSPS) is 10.7. The van der Waals surface area contributed by atoms with E-state index in [2.05, 4.69) is 35.0 Å². The van der Waals surface area contributed by atoms with Gasteiger partial charge >= 0.3 is 0 Å². The van der Waals surface area contributed by atoms with E-state index in [-0.39, 0.29) is 5.75 Å². The van der Waals surface area contributed by atoms with Gasteiger partial charge in [0.1, 0.15) is 0 Å². The van der Waals surface area contributed by atoms with Gasteiger partial charge in [-0.3, -0.25) is 0 Å². The third-order valence-electron chi connectivity index (χ3n) is 3.19. The first-order valence-electron chi connectivity index (χ1n) is 6.33. The summed E-state index contributed by atoms with van der Waals surface area (Å²) in [5, 5.41) is 16.3. The minimum Gasteiger partial charge on any atom is -0.504 e. The van der Waals surface area contributed by atoms with Crippen molar-refractivity contribution in [2.75, 3.05) is 12.4 Å². The van der Waals surface area contributed by atoms with Crippen molar-refractivity contribution in [2.24, 2.45) is 0 Å². The van der Waals surface area contributed by atoms with E-state index in [1.165, 1.54) is 10.1 Å². The van der Waals surface area contributed by atoms with Crippen LogP contribution < -0.4 is 10.1 Å². The van der Waals surface area contributed by atoms with Gasteiger partial charge in [0, 0.05) is 16.9 Å². The standard InChI is InChI=1S/C16H15NO2S/c1-19-15-8-11(2-4-14(15)18)10-17-13-3-5-16-12(9-13)6-7-20-16/h2-9,17-18H,10H2,1H3. The number of anilines is 1. The number of phenols is 1. The van der Waals surface area contributed by atoms with Gasteiger partial charge in [0.25, 0.3) is 0 Å². The van der Waals surface area contributed by atoms with E-state index >= 15 is 0 Å². The maximum atomic E-state index is 9.57. The molecule has 1 aromatic heterocycles. The van der Waals surface area contributed by atoms with Gasteiger partial charge in [0.15, 0.2) is 11.5 Å². The van der Waals surface area contributed by atoms with Gasteiger partial charge in [0.05, 0.1) is 7.11 Å². The molecule has 4 heteroatoms. The quantitative estimate of drug-likeness (QED) is 0.754. The van der Waals surface area contributed by atoms with Crippen LogP contribution in [0.5, 0.6) is 11.5 Å². The highest BCUT2D eigenvalue weighted by molar-refractivity contribution is 7.17. The zero-order chi connectivity index (χ0) is 13.9. The van der Waals surface area contributed by atoms with Crippen molar-refractivity contribution in [3.63, 3.8) is 0 Å². The maximum Gasteiger partial charge on any atom is 0.160 e. The topological polar surface area (TPSA) is 41.5 Å². The van der Waals surface area contributed by atoms with Crippen molar-refractivity contribution in [3.05, 3.63) is 53.4 Å². The van der Waals surface area contributed by atoms with E-state index < -0.39 is 0 Å². The monoisotopic (exact) mass is 285 g/mol. The summed E-state index contributed by atoms with van der Waals surface area (Å²) in [6.45, 7) is 0.687. The summed E-state index contributed by atoms with van der Waals surface area (Å²) in [6, 6.07) is 13.8. The largest absolute Gasteiger partial charge is 0.504 e. The summed E-state index contributed by atoms with van der Waals surface area (Å²) in [7, 11) is 1.55. The number of rotatable bonds is 4. The van der Waals surface area contributed by atoms with Gasteiger partial charge in [-0.2, -0.15) is 0 Å². The summed E-state index contributed by atoms with van der Waals surface area (Å²) in [6.07, 6.45) is 0. The highest BCUT2D eigenvalue weighted by atomic mass is 32.1. The first-order chi connectivity index (χ1) is 9.76. The molecule has 0 unspecified atom stereocenters. The summed E-state index contributed by atoms with van der Waals surface area (Å²) >= 11 is 1.74. The predicted octanol–water partition coefficient (Wildman–Crippen LogP) is 4.23. The highest BCUT2D eigenvalue weighted by Gasteiger charge is 2.03. The molecule has 2 aromatic carbocycles. The van der Waals surface area contributed by atoms with Crippen LogP contribution in [0.2, 0.25) is 0 Å². The molecule has 0 saturated heterocycles. The second kappa shape index (κ2) is 5.43. The Hall–Kier alpha value is -2.20. The third kappa shape index (κ3) is 2.56. The highest BCUT2D eigenvalue weighted by Crippen LogP contribution is 2.27. The van der Waals surface area contributed by atoms with Crippen LogP contribution in [0.3, 0.4) is 0 Å². The average molecular weight is 285 g/mol. The Bertz CT molecular complexity index is 736. The van der Waals surface area contributed by atoms with Crippen LogP contribution in [0, 0.1) is 0 Å². The summed E-state index contributed by atoms with van der Waals surface area (Å²) in [5.41, 5.74) is 2.15. The second-order valence-electron chi connectivity index (χ2n) is 4.53. The number of methoxy groups -OCH3 is 1.